The Morgan fingerprint density at radius 3 is 2.47 bits per heavy atom. The summed E-state index contributed by atoms with van der Waals surface area (Å²) in [5.41, 5.74) is 8.42. The van der Waals surface area contributed by atoms with Crippen LogP contribution in [0.5, 0.6) is 0 Å². The fourth-order valence-corrected chi connectivity index (χ4v) is 1.80. The number of anilines is 1. The van der Waals surface area contributed by atoms with Crippen molar-refractivity contribution >= 4 is 40.0 Å². The van der Waals surface area contributed by atoms with Gasteiger partial charge in [-0.2, -0.15) is 0 Å². The Bertz CT molecular complexity index is 615. The van der Waals surface area contributed by atoms with Crippen molar-refractivity contribution < 1.29 is 4.42 Å². The Labute approximate surface area is 93.1 Å². The maximum Gasteiger partial charge on any atom is 0.137 e. The summed E-state index contributed by atoms with van der Waals surface area (Å²) in [6.45, 7) is 0. The minimum Gasteiger partial charge on any atom is -0.456 e. The number of halogens is 1. The number of hydrogen-bond donors (Lipinski definition) is 1. The van der Waals surface area contributed by atoms with Crippen molar-refractivity contribution in [3.63, 3.8) is 0 Å². The summed E-state index contributed by atoms with van der Waals surface area (Å²) >= 11 is 0. The molecule has 0 fully saturated rings. The zero-order chi connectivity index (χ0) is 9.54. The average molecular weight is 220 g/mol. The van der Waals surface area contributed by atoms with Gasteiger partial charge in [-0.3, -0.25) is 0 Å². The fraction of sp³-hybridized carbons (Fsp3) is 0. The molecule has 0 radical (unpaired) electrons. The van der Waals surface area contributed by atoms with Gasteiger partial charge >= 0.3 is 0 Å². The summed E-state index contributed by atoms with van der Waals surface area (Å²) in [5, 5.41) is 2.10. The lowest BCUT2D eigenvalue weighted by molar-refractivity contribution is 0.669. The van der Waals surface area contributed by atoms with Gasteiger partial charge in [-0.1, -0.05) is 24.3 Å². The van der Waals surface area contributed by atoms with E-state index in [0.717, 1.165) is 27.6 Å². The van der Waals surface area contributed by atoms with Gasteiger partial charge in [-0.05, 0) is 18.2 Å². The highest BCUT2D eigenvalue weighted by molar-refractivity contribution is 6.10. The first-order chi connectivity index (χ1) is 6.86. The lowest BCUT2D eigenvalue weighted by Crippen LogP contribution is -1.83. The number of para-hydroxylation sites is 1. The molecule has 15 heavy (non-hydrogen) atoms. The van der Waals surface area contributed by atoms with Crippen LogP contribution >= 0.6 is 12.4 Å². The van der Waals surface area contributed by atoms with Gasteiger partial charge in [0.1, 0.15) is 11.2 Å². The molecule has 0 aliphatic rings. The summed E-state index contributed by atoms with van der Waals surface area (Å²) in [4.78, 5) is 0. The van der Waals surface area contributed by atoms with Crippen LogP contribution in [0.2, 0.25) is 0 Å². The zero-order valence-electron chi connectivity index (χ0n) is 7.94. The Kier molecular flexibility index (Phi) is 2.29. The molecular formula is C12H10ClNO. The predicted molar refractivity (Wildman–Crippen MR) is 65.4 cm³/mol. The summed E-state index contributed by atoms with van der Waals surface area (Å²) in [5.74, 6) is 0. The number of nitrogen functional groups attached to an aromatic ring is 1. The van der Waals surface area contributed by atoms with Crippen molar-refractivity contribution in [2.75, 3.05) is 5.73 Å². The van der Waals surface area contributed by atoms with Gasteiger partial charge in [0.15, 0.2) is 0 Å². The molecule has 3 rings (SSSR count). The van der Waals surface area contributed by atoms with Crippen molar-refractivity contribution in [2.24, 2.45) is 0 Å². The van der Waals surface area contributed by atoms with Gasteiger partial charge in [0.2, 0.25) is 0 Å². The minimum atomic E-state index is 0. The molecule has 0 saturated heterocycles. The molecule has 2 aromatic carbocycles. The summed E-state index contributed by atoms with van der Waals surface area (Å²) < 4.78 is 5.65. The first kappa shape index (κ1) is 9.87. The largest absolute Gasteiger partial charge is 0.456 e. The van der Waals surface area contributed by atoms with Crippen molar-refractivity contribution in [3.8, 4) is 0 Å². The Morgan fingerprint density at radius 2 is 1.60 bits per heavy atom. The number of rotatable bonds is 0. The Morgan fingerprint density at radius 1 is 0.867 bits per heavy atom. The Hall–Kier alpha value is -1.67. The topological polar surface area (TPSA) is 39.2 Å². The summed E-state index contributed by atoms with van der Waals surface area (Å²) in [6, 6.07) is 13.7. The maximum atomic E-state index is 5.91. The molecule has 2 nitrogen and oxygen atoms in total. The van der Waals surface area contributed by atoms with E-state index in [0.29, 0.717) is 0 Å². The minimum absolute atomic E-state index is 0. The van der Waals surface area contributed by atoms with E-state index in [2.05, 4.69) is 0 Å². The van der Waals surface area contributed by atoms with E-state index >= 15 is 0 Å². The third-order valence-corrected chi connectivity index (χ3v) is 2.43. The third kappa shape index (κ3) is 1.34. The molecule has 3 heteroatoms. The van der Waals surface area contributed by atoms with Crippen LogP contribution in [-0.4, -0.2) is 0 Å². The van der Waals surface area contributed by atoms with Gasteiger partial charge in [0, 0.05) is 11.1 Å². The molecule has 0 spiro atoms. The molecule has 3 aromatic rings. The van der Waals surface area contributed by atoms with Gasteiger partial charge in [0.05, 0.1) is 5.39 Å². The van der Waals surface area contributed by atoms with Crippen molar-refractivity contribution in [2.45, 2.75) is 0 Å². The lowest BCUT2D eigenvalue weighted by Gasteiger charge is -1.93. The van der Waals surface area contributed by atoms with Crippen molar-refractivity contribution in [3.05, 3.63) is 42.5 Å². The number of nitrogens with two attached hydrogens (primary N) is 1. The number of hydrogen-bond acceptors (Lipinski definition) is 2. The summed E-state index contributed by atoms with van der Waals surface area (Å²) in [7, 11) is 0. The van der Waals surface area contributed by atoms with Crippen LogP contribution in [-0.2, 0) is 0 Å². The number of fused-ring (bicyclic) bond motifs is 3. The molecule has 0 saturated carbocycles. The Balaban J connectivity index is 0.000000853. The van der Waals surface area contributed by atoms with E-state index in [1.807, 2.05) is 42.5 Å². The van der Waals surface area contributed by atoms with Crippen LogP contribution in [0, 0.1) is 0 Å². The van der Waals surface area contributed by atoms with Crippen LogP contribution in [0.25, 0.3) is 21.9 Å². The predicted octanol–water partition coefficient (Wildman–Crippen LogP) is 3.59. The average Bonchev–Trinajstić information content (AvgIpc) is 2.57. The first-order valence-corrected chi connectivity index (χ1v) is 4.52. The molecule has 0 aliphatic carbocycles. The highest BCUT2D eigenvalue weighted by Gasteiger charge is 2.07. The van der Waals surface area contributed by atoms with Crippen molar-refractivity contribution in [1.82, 2.24) is 0 Å². The van der Waals surface area contributed by atoms with Gasteiger partial charge < -0.3 is 10.2 Å². The van der Waals surface area contributed by atoms with Gasteiger partial charge in [0.25, 0.3) is 0 Å². The molecule has 1 heterocycles. The number of furan rings is 1. The van der Waals surface area contributed by atoms with Crippen LogP contribution < -0.4 is 5.73 Å². The van der Waals surface area contributed by atoms with Crippen LogP contribution in [0.3, 0.4) is 0 Å². The molecule has 2 N–H and O–H groups in total. The van der Waals surface area contributed by atoms with Gasteiger partial charge in [-0.15, -0.1) is 12.4 Å². The lowest BCUT2D eigenvalue weighted by atomic mass is 10.1. The first-order valence-electron chi connectivity index (χ1n) is 4.52. The van der Waals surface area contributed by atoms with E-state index in [9.17, 15) is 0 Å². The second-order valence-electron chi connectivity index (χ2n) is 3.32. The zero-order valence-corrected chi connectivity index (χ0v) is 8.75. The molecule has 0 amide bonds. The van der Waals surface area contributed by atoms with E-state index in [4.69, 9.17) is 10.2 Å². The fourth-order valence-electron chi connectivity index (χ4n) is 1.80. The highest BCUT2D eigenvalue weighted by atomic mass is 35.5. The highest BCUT2D eigenvalue weighted by Crippen LogP contribution is 2.31. The second kappa shape index (κ2) is 3.48. The van der Waals surface area contributed by atoms with E-state index < -0.39 is 0 Å². The van der Waals surface area contributed by atoms with Crippen molar-refractivity contribution in [1.29, 1.82) is 0 Å². The molecule has 0 atom stereocenters. The second-order valence-corrected chi connectivity index (χ2v) is 3.32. The van der Waals surface area contributed by atoms with Crippen LogP contribution in [0.4, 0.5) is 5.69 Å². The molecular weight excluding hydrogens is 210 g/mol. The van der Waals surface area contributed by atoms with E-state index in [1.54, 1.807) is 0 Å². The van der Waals surface area contributed by atoms with E-state index in [1.165, 1.54) is 0 Å². The third-order valence-electron chi connectivity index (χ3n) is 2.43. The monoisotopic (exact) mass is 219 g/mol. The summed E-state index contributed by atoms with van der Waals surface area (Å²) in [6.07, 6.45) is 0. The normalized spacial score (nSPS) is 10.4. The van der Waals surface area contributed by atoms with Crippen LogP contribution in [0.15, 0.2) is 46.9 Å². The van der Waals surface area contributed by atoms with E-state index in [-0.39, 0.29) is 12.4 Å². The molecule has 0 bridgehead atoms. The molecule has 0 unspecified atom stereocenters. The quantitative estimate of drug-likeness (QED) is 0.587. The molecule has 0 aliphatic heterocycles. The molecule has 76 valence electrons. The number of benzene rings is 2. The standard InChI is InChI=1S/C12H9NO.ClH/c13-9-5-3-7-11-12(9)8-4-1-2-6-10(8)14-11;/h1-7H,13H2;1H. The van der Waals surface area contributed by atoms with Gasteiger partial charge in [-0.25, -0.2) is 0 Å². The maximum absolute atomic E-state index is 5.91. The molecule has 1 aromatic heterocycles. The SMILES string of the molecule is Cl.Nc1cccc2oc3ccccc3c12. The smallest absolute Gasteiger partial charge is 0.137 e. The van der Waals surface area contributed by atoms with Crippen LogP contribution in [0.1, 0.15) is 0 Å².